The minimum atomic E-state index is -0.553. The van der Waals surface area contributed by atoms with Crippen molar-refractivity contribution in [3.05, 3.63) is 33.7 Å². The van der Waals surface area contributed by atoms with Crippen LogP contribution in [-0.4, -0.2) is 15.4 Å². The molecule has 0 bridgehead atoms. The summed E-state index contributed by atoms with van der Waals surface area (Å²) in [7, 11) is 0. The summed E-state index contributed by atoms with van der Waals surface area (Å²) < 4.78 is 6.59. The average molecular weight is 266 g/mol. The first-order chi connectivity index (χ1) is 8.38. The van der Waals surface area contributed by atoms with Crippen LogP contribution >= 0.6 is 11.3 Å². The van der Waals surface area contributed by atoms with Gasteiger partial charge in [-0.25, -0.2) is 4.98 Å². The minimum absolute atomic E-state index is 0.0275. The molecule has 2 rings (SSSR count). The Balaban J connectivity index is 2.18. The van der Waals surface area contributed by atoms with Gasteiger partial charge in [0.1, 0.15) is 6.61 Å². The SMILES string of the molecule is CC(C)(C)C(=O)OCc1cc(=O)n2ccsc2n1. The van der Waals surface area contributed by atoms with Gasteiger partial charge in [-0.1, -0.05) is 0 Å². The van der Waals surface area contributed by atoms with Crippen LogP contribution in [0.4, 0.5) is 0 Å². The number of ether oxygens (including phenoxy) is 1. The van der Waals surface area contributed by atoms with Gasteiger partial charge in [-0.15, -0.1) is 11.3 Å². The Kier molecular flexibility index (Phi) is 3.21. The lowest BCUT2D eigenvalue weighted by Crippen LogP contribution is -2.23. The Bertz CT molecular complexity index is 637. The summed E-state index contributed by atoms with van der Waals surface area (Å²) in [5, 5.41) is 1.79. The maximum Gasteiger partial charge on any atom is 0.311 e. The molecule has 0 N–H and O–H groups in total. The number of hydrogen-bond acceptors (Lipinski definition) is 5. The molecule has 2 aromatic heterocycles. The van der Waals surface area contributed by atoms with Crippen LogP contribution in [0.2, 0.25) is 0 Å². The molecule has 0 unspecified atom stereocenters. The third-order valence-electron chi connectivity index (χ3n) is 2.32. The van der Waals surface area contributed by atoms with Gasteiger partial charge < -0.3 is 4.74 Å². The minimum Gasteiger partial charge on any atom is -0.459 e. The molecule has 0 aliphatic rings. The summed E-state index contributed by atoms with van der Waals surface area (Å²) in [5.74, 6) is -0.310. The summed E-state index contributed by atoms with van der Waals surface area (Å²) in [6, 6.07) is 1.38. The number of esters is 1. The molecule has 2 heterocycles. The predicted octanol–water partition coefficient (Wildman–Crippen LogP) is 1.85. The third kappa shape index (κ3) is 2.59. The Morgan fingerprint density at radius 3 is 2.89 bits per heavy atom. The average Bonchev–Trinajstić information content (AvgIpc) is 2.73. The number of hydrogen-bond donors (Lipinski definition) is 0. The number of carbonyl (C=O) groups excluding carboxylic acids is 1. The van der Waals surface area contributed by atoms with Gasteiger partial charge >= 0.3 is 5.97 Å². The van der Waals surface area contributed by atoms with Gasteiger partial charge in [0, 0.05) is 17.6 Å². The first-order valence-electron chi connectivity index (χ1n) is 5.51. The van der Waals surface area contributed by atoms with E-state index in [2.05, 4.69) is 4.98 Å². The maximum atomic E-state index is 11.7. The van der Waals surface area contributed by atoms with Crippen molar-refractivity contribution in [3.8, 4) is 0 Å². The molecule has 0 saturated heterocycles. The lowest BCUT2D eigenvalue weighted by molar-refractivity contribution is -0.154. The molecular formula is C12H14N2O3S. The Labute approximate surface area is 108 Å². The zero-order valence-electron chi connectivity index (χ0n) is 10.5. The van der Waals surface area contributed by atoms with E-state index in [9.17, 15) is 9.59 Å². The van der Waals surface area contributed by atoms with Crippen LogP contribution in [0.1, 0.15) is 26.5 Å². The molecule has 0 radical (unpaired) electrons. The second-order valence-electron chi connectivity index (χ2n) is 4.97. The van der Waals surface area contributed by atoms with E-state index in [1.165, 1.54) is 21.8 Å². The van der Waals surface area contributed by atoms with E-state index in [1.807, 2.05) is 0 Å². The normalized spacial score (nSPS) is 11.7. The molecule has 18 heavy (non-hydrogen) atoms. The highest BCUT2D eigenvalue weighted by Crippen LogP contribution is 2.16. The van der Waals surface area contributed by atoms with Gasteiger partial charge in [-0.05, 0) is 20.8 Å². The number of fused-ring (bicyclic) bond motifs is 1. The third-order valence-corrected chi connectivity index (χ3v) is 3.08. The van der Waals surface area contributed by atoms with Crippen LogP contribution in [0.5, 0.6) is 0 Å². The van der Waals surface area contributed by atoms with Gasteiger partial charge in [-0.3, -0.25) is 14.0 Å². The summed E-state index contributed by atoms with van der Waals surface area (Å²) in [4.78, 5) is 28.2. The molecule has 5 nitrogen and oxygen atoms in total. The van der Waals surface area contributed by atoms with E-state index < -0.39 is 5.41 Å². The molecule has 0 saturated carbocycles. The monoisotopic (exact) mass is 266 g/mol. The van der Waals surface area contributed by atoms with Crippen LogP contribution in [-0.2, 0) is 16.1 Å². The second-order valence-corrected chi connectivity index (χ2v) is 5.84. The van der Waals surface area contributed by atoms with Gasteiger partial charge in [-0.2, -0.15) is 0 Å². The molecule has 0 spiro atoms. The molecular weight excluding hydrogens is 252 g/mol. The largest absolute Gasteiger partial charge is 0.459 e. The lowest BCUT2D eigenvalue weighted by Gasteiger charge is -2.16. The highest BCUT2D eigenvalue weighted by Gasteiger charge is 2.23. The van der Waals surface area contributed by atoms with Gasteiger partial charge in [0.25, 0.3) is 5.56 Å². The molecule has 0 aliphatic carbocycles. The van der Waals surface area contributed by atoms with E-state index in [4.69, 9.17) is 4.74 Å². The molecule has 0 fully saturated rings. The molecule has 96 valence electrons. The summed E-state index contributed by atoms with van der Waals surface area (Å²) >= 11 is 1.37. The number of thiazole rings is 1. The van der Waals surface area contributed by atoms with Crippen LogP contribution in [0.25, 0.3) is 4.96 Å². The van der Waals surface area contributed by atoms with Crippen molar-refractivity contribution in [1.29, 1.82) is 0 Å². The Morgan fingerprint density at radius 2 is 2.22 bits per heavy atom. The van der Waals surface area contributed by atoms with Gasteiger partial charge in [0.15, 0.2) is 4.96 Å². The first-order valence-corrected chi connectivity index (χ1v) is 6.39. The fourth-order valence-corrected chi connectivity index (χ4v) is 2.06. The molecule has 0 aliphatic heterocycles. The number of aromatic nitrogens is 2. The van der Waals surface area contributed by atoms with E-state index >= 15 is 0 Å². The zero-order valence-corrected chi connectivity index (χ0v) is 11.3. The first kappa shape index (κ1) is 12.8. The van der Waals surface area contributed by atoms with Crippen molar-refractivity contribution < 1.29 is 9.53 Å². The molecule has 2 aromatic rings. The highest BCUT2D eigenvalue weighted by molar-refractivity contribution is 7.15. The summed E-state index contributed by atoms with van der Waals surface area (Å²) in [6.07, 6.45) is 1.67. The molecule has 0 atom stereocenters. The van der Waals surface area contributed by atoms with Gasteiger partial charge in [0.05, 0.1) is 11.1 Å². The van der Waals surface area contributed by atoms with E-state index in [-0.39, 0.29) is 18.1 Å². The topological polar surface area (TPSA) is 60.7 Å². The number of rotatable bonds is 2. The van der Waals surface area contributed by atoms with Crippen molar-refractivity contribution in [1.82, 2.24) is 9.38 Å². The van der Waals surface area contributed by atoms with Crippen molar-refractivity contribution >= 4 is 22.3 Å². The van der Waals surface area contributed by atoms with Crippen LogP contribution in [0.15, 0.2) is 22.4 Å². The quantitative estimate of drug-likeness (QED) is 0.778. The van der Waals surface area contributed by atoms with Crippen LogP contribution < -0.4 is 5.56 Å². The van der Waals surface area contributed by atoms with Crippen molar-refractivity contribution in [2.24, 2.45) is 5.41 Å². The smallest absolute Gasteiger partial charge is 0.311 e. The second kappa shape index (κ2) is 4.53. The zero-order chi connectivity index (χ0) is 13.3. The van der Waals surface area contributed by atoms with E-state index in [0.29, 0.717) is 10.7 Å². The Hall–Kier alpha value is -1.69. The summed E-state index contributed by atoms with van der Waals surface area (Å²) in [6.45, 7) is 5.36. The Morgan fingerprint density at radius 1 is 1.50 bits per heavy atom. The van der Waals surface area contributed by atoms with Crippen LogP contribution in [0, 0.1) is 5.41 Å². The van der Waals surface area contributed by atoms with Crippen molar-refractivity contribution in [3.63, 3.8) is 0 Å². The van der Waals surface area contributed by atoms with E-state index in [1.54, 1.807) is 32.3 Å². The molecule has 0 amide bonds. The molecule has 0 aromatic carbocycles. The summed E-state index contributed by atoms with van der Waals surface area (Å²) in [5.41, 5.74) is -0.245. The standard InChI is InChI=1S/C12H14N2O3S/c1-12(2,3)10(16)17-7-8-6-9(15)14-4-5-18-11(14)13-8/h4-6H,7H2,1-3H3. The van der Waals surface area contributed by atoms with E-state index in [0.717, 1.165) is 0 Å². The predicted molar refractivity (Wildman–Crippen MR) is 68.6 cm³/mol. The fourth-order valence-electron chi connectivity index (χ4n) is 1.32. The molecule has 6 heteroatoms. The van der Waals surface area contributed by atoms with Gasteiger partial charge in [0.2, 0.25) is 0 Å². The van der Waals surface area contributed by atoms with Crippen molar-refractivity contribution in [2.45, 2.75) is 27.4 Å². The fraction of sp³-hybridized carbons (Fsp3) is 0.417. The number of nitrogens with zero attached hydrogens (tertiary/aromatic N) is 2. The van der Waals surface area contributed by atoms with Crippen LogP contribution in [0.3, 0.4) is 0 Å². The highest BCUT2D eigenvalue weighted by atomic mass is 32.1. The lowest BCUT2D eigenvalue weighted by atomic mass is 9.97. The van der Waals surface area contributed by atoms with Crippen molar-refractivity contribution in [2.75, 3.05) is 0 Å². The number of carbonyl (C=O) groups is 1. The maximum absolute atomic E-state index is 11.7.